The number of ether oxygens (including phenoxy) is 1. The third kappa shape index (κ3) is 3.56. The molecule has 2 atom stereocenters. The lowest BCUT2D eigenvalue weighted by Crippen LogP contribution is -2.37. The van der Waals surface area contributed by atoms with Crippen LogP contribution in [0.1, 0.15) is 60.4 Å². The van der Waals surface area contributed by atoms with Crippen molar-refractivity contribution in [3.63, 3.8) is 0 Å². The van der Waals surface area contributed by atoms with Gasteiger partial charge in [-0.2, -0.15) is 0 Å². The molecule has 3 heterocycles. The van der Waals surface area contributed by atoms with Crippen LogP contribution in [0.15, 0.2) is 54.7 Å². The lowest BCUT2D eigenvalue weighted by Gasteiger charge is -2.33. The zero-order valence-corrected chi connectivity index (χ0v) is 19.7. The molecule has 1 aromatic carbocycles. The van der Waals surface area contributed by atoms with E-state index in [1.807, 2.05) is 24.4 Å². The van der Waals surface area contributed by atoms with Crippen molar-refractivity contribution in [2.24, 2.45) is 0 Å². The van der Waals surface area contributed by atoms with E-state index >= 15 is 0 Å². The molecular formula is C26H30N4OS. The molecule has 2 aliphatic rings. The predicted molar refractivity (Wildman–Crippen MR) is 131 cm³/mol. The maximum absolute atomic E-state index is 5.90. The minimum Gasteiger partial charge on any atom is -0.497 e. The van der Waals surface area contributed by atoms with E-state index in [2.05, 4.69) is 59.0 Å². The third-order valence-electron chi connectivity index (χ3n) is 6.95. The van der Waals surface area contributed by atoms with Gasteiger partial charge >= 0.3 is 0 Å². The monoisotopic (exact) mass is 446 g/mol. The van der Waals surface area contributed by atoms with Crippen molar-refractivity contribution in [2.75, 3.05) is 7.11 Å². The van der Waals surface area contributed by atoms with Gasteiger partial charge in [0.15, 0.2) is 5.11 Å². The molecule has 2 fully saturated rings. The molecule has 3 aromatic rings. The fourth-order valence-electron chi connectivity index (χ4n) is 5.51. The Morgan fingerprint density at radius 2 is 1.88 bits per heavy atom. The number of pyridine rings is 1. The molecular weight excluding hydrogens is 416 g/mol. The summed E-state index contributed by atoms with van der Waals surface area (Å²) in [6.45, 7) is 4.39. The van der Waals surface area contributed by atoms with Gasteiger partial charge < -0.3 is 19.5 Å². The summed E-state index contributed by atoms with van der Waals surface area (Å²) in [7, 11) is 1.71. The Hall–Kier alpha value is -2.86. The van der Waals surface area contributed by atoms with Crippen molar-refractivity contribution >= 4 is 17.3 Å². The third-order valence-corrected chi connectivity index (χ3v) is 7.28. The molecule has 1 aliphatic heterocycles. The molecule has 0 radical (unpaired) electrons. The van der Waals surface area contributed by atoms with Crippen LogP contribution in [0, 0.1) is 13.8 Å². The van der Waals surface area contributed by atoms with Crippen molar-refractivity contribution in [1.82, 2.24) is 19.8 Å². The lowest BCUT2D eigenvalue weighted by molar-refractivity contribution is 0.245. The van der Waals surface area contributed by atoms with Gasteiger partial charge in [-0.15, -0.1) is 0 Å². The Kier molecular flexibility index (Phi) is 5.64. The minimum absolute atomic E-state index is 0.0311. The second-order valence-corrected chi connectivity index (χ2v) is 9.22. The summed E-state index contributed by atoms with van der Waals surface area (Å²) in [6, 6.07) is 17.3. The second kappa shape index (κ2) is 8.58. The Balaban J connectivity index is 1.63. The number of benzene rings is 1. The molecule has 166 valence electrons. The number of rotatable bonds is 5. The molecule has 5 rings (SSSR count). The summed E-state index contributed by atoms with van der Waals surface area (Å²) in [6.07, 6.45) is 6.81. The molecule has 2 aromatic heterocycles. The Labute approximate surface area is 195 Å². The highest BCUT2D eigenvalue weighted by Gasteiger charge is 2.44. The van der Waals surface area contributed by atoms with E-state index in [9.17, 15) is 0 Å². The van der Waals surface area contributed by atoms with E-state index in [-0.39, 0.29) is 12.1 Å². The van der Waals surface area contributed by atoms with Crippen molar-refractivity contribution in [2.45, 2.75) is 57.7 Å². The molecule has 2 unspecified atom stereocenters. The molecule has 6 heteroatoms. The summed E-state index contributed by atoms with van der Waals surface area (Å²) in [4.78, 5) is 7.17. The number of aryl methyl sites for hydroxylation is 1. The van der Waals surface area contributed by atoms with E-state index in [1.54, 1.807) is 7.11 Å². The van der Waals surface area contributed by atoms with Gasteiger partial charge in [0.25, 0.3) is 0 Å². The van der Waals surface area contributed by atoms with Crippen LogP contribution in [0.25, 0.3) is 5.69 Å². The molecule has 0 spiro atoms. The molecule has 1 saturated carbocycles. The first-order chi connectivity index (χ1) is 15.6. The number of hydrogen-bond donors (Lipinski definition) is 1. The first kappa shape index (κ1) is 21.0. The van der Waals surface area contributed by atoms with E-state index < -0.39 is 0 Å². The van der Waals surface area contributed by atoms with Gasteiger partial charge in [0, 0.05) is 35.4 Å². The van der Waals surface area contributed by atoms with Crippen LogP contribution in [0.3, 0.4) is 0 Å². The molecule has 1 aliphatic carbocycles. The van der Waals surface area contributed by atoms with Crippen molar-refractivity contribution in [3.05, 3.63) is 77.4 Å². The van der Waals surface area contributed by atoms with Crippen LogP contribution in [0.4, 0.5) is 0 Å². The maximum Gasteiger partial charge on any atom is 0.170 e. The van der Waals surface area contributed by atoms with Gasteiger partial charge in [-0.1, -0.05) is 25.0 Å². The quantitative estimate of drug-likeness (QED) is 0.531. The van der Waals surface area contributed by atoms with E-state index in [0.29, 0.717) is 6.04 Å². The fraction of sp³-hybridized carbons (Fsp3) is 0.385. The topological polar surface area (TPSA) is 42.3 Å². The maximum atomic E-state index is 5.90. The van der Waals surface area contributed by atoms with Crippen LogP contribution in [-0.2, 0) is 0 Å². The number of thiocarbonyl (C=S) groups is 1. The first-order valence-corrected chi connectivity index (χ1v) is 11.8. The molecule has 1 N–H and O–H groups in total. The second-order valence-electron chi connectivity index (χ2n) is 8.84. The van der Waals surface area contributed by atoms with Gasteiger partial charge in [-0.25, -0.2) is 0 Å². The highest BCUT2D eigenvalue weighted by molar-refractivity contribution is 7.80. The van der Waals surface area contributed by atoms with Crippen LogP contribution in [0.5, 0.6) is 5.75 Å². The number of methoxy groups -OCH3 is 1. The number of nitrogens with zero attached hydrogens (tertiary/aromatic N) is 3. The van der Waals surface area contributed by atoms with E-state index in [1.165, 1.54) is 42.6 Å². The predicted octanol–water partition coefficient (Wildman–Crippen LogP) is 5.41. The Morgan fingerprint density at radius 3 is 2.59 bits per heavy atom. The van der Waals surface area contributed by atoms with E-state index in [0.717, 1.165) is 22.2 Å². The average molecular weight is 447 g/mol. The summed E-state index contributed by atoms with van der Waals surface area (Å²) >= 11 is 5.90. The van der Waals surface area contributed by atoms with Crippen molar-refractivity contribution in [3.8, 4) is 11.4 Å². The Morgan fingerprint density at radius 1 is 1.06 bits per heavy atom. The van der Waals surface area contributed by atoms with E-state index in [4.69, 9.17) is 21.9 Å². The minimum atomic E-state index is 0.0311. The zero-order valence-electron chi connectivity index (χ0n) is 18.9. The fourth-order valence-corrected chi connectivity index (χ4v) is 5.90. The number of hydrogen-bond acceptors (Lipinski definition) is 3. The smallest absolute Gasteiger partial charge is 0.170 e. The average Bonchev–Trinajstić information content (AvgIpc) is 3.52. The van der Waals surface area contributed by atoms with Crippen molar-refractivity contribution < 1.29 is 4.74 Å². The molecule has 0 bridgehead atoms. The molecule has 32 heavy (non-hydrogen) atoms. The standard InChI is InChI=1S/C26H30N4OS/c1-17-15-22(18(2)29(17)20-11-8-12-21(16-20)31-3)25-24(23-13-6-7-14-27-23)28-26(32)30(25)19-9-4-5-10-19/h6-8,11-16,19,24-25H,4-5,9-10H2,1-3H3,(H,28,32). The largest absolute Gasteiger partial charge is 0.497 e. The summed E-state index contributed by atoms with van der Waals surface area (Å²) in [5.74, 6) is 0.860. The van der Waals surface area contributed by atoms with Crippen LogP contribution in [-0.4, -0.2) is 32.7 Å². The highest BCUT2D eigenvalue weighted by atomic mass is 32.1. The summed E-state index contributed by atoms with van der Waals surface area (Å²) in [5.41, 5.74) is 5.89. The molecule has 1 saturated heterocycles. The lowest BCUT2D eigenvalue weighted by atomic mass is 9.95. The summed E-state index contributed by atoms with van der Waals surface area (Å²) in [5, 5.41) is 4.48. The van der Waals surface area contributed by atoms with Crippen LogP contribution in [0.2, 0.25) is 0 Å². The first-order valence-electron chi connectivity index (χ1n) is 11.4. The van der Waals surface area contributed by atoms with Crippen LogP contribution < -0.4 is 10.1 Å². The zero-order chi connectivity index (χ0) is 22.2. The molecule has 0 amide bonds. The Bertz CT molecular complexity index is 1120. The van der Waals surface area contributed by atoms with Crippen molar-refractivity contribution in [1.29, 1.82) is 0 Å². The van der Waals surface area contributed by atoms with Gasteiger partial charge in [-0.3, -0.25) is 4.98 Å². The van der Waals surface area contributed by atoms with Gasteiger partial charge in [0.1, 0.15) is 5.75 Å². The highest BCUT2D eigenvalue weighted by Crippen LogP contribution is 2.44. The normalized spacial score (nSPS) is 21.2. The van der Waals surface area contributed by atoms with Gasteiger partial charge in [0.05, 0.1) is 24.9 Å². The van der Waals surface area contributed by atoms with Crippen LogP contribution >= 0.6 is 12.2 Å². The number of aromatic nitrogens is 2. The van der Waals surface area contributed by atoms with Gasteiger partial charge in [-0.05, 0) is 74.8 Å². The van der Waals surface area contributed by atoms with Gasteiger partial charge in [0.2, 0.25) is 0 Å². The summed E-state index contributed by atoms with van der Waals surface area (Å²) < 4.78 is 7.80. The number of nitrogens with one attached hydrogen (secondary N) is 1. The molecule has 5 nitrogen and oxygen atoms in total. The SMILES string of the molecule is COc1cccc(-n2c(C)cc(C3C(c4ccccn4)NC(=S)N3C3CCCC3)c2C)c1.